The molecule has 2 heterocycles. The molecular formula is C16H19N3O2. The molecule has 0 aliphatic rings. The molecule has 3 N–H and O–H groups in total. The summed E-state index contributed by atoms with van der Waals surface area (Å²) in [6, 6.07) is 9.91. The maximum atomic E-state index is 11.4. The molecule has 0 spiro atoms. The highest BCUT2D eigenvalue weighted by atomic mass is 16.3. The number of hydrogen-bond donors (Lipinski definition) is 3. The highest BCUT2D eigenvalue weighted by Crippen LogP contribution is 2.26. The van der Waals surface area contributed by atoms with Gasteiger partial charge >= 0.3 is 5.69 Å². The Bertz CT molecular complexity index is 797. The summed E-state index contributed by atoms with van der Waals surface area (Å²) in [6.07, 6.45) is 0.878. The third-order valence-corrected chi connectivity index (χ3v) is 3.60. The molecule has 0 saturated heterocycles. The van der Waals surface area contributed by atoms with Crippen molar-refractivity contribution < 1.29 is 4.42 Å². The van der Waals surface area contributed by atoms with Crippen LogP contribution in [0.15, 0.2) is 39.5 Å². The van der Waals surface area contributed by atoms with Crippen molar-refractivity contribution in [1.82, 2.24) is 15.3 Å². The van der Waals surface area contributed by atoms with Crippen LogP contribution in [0, 0.1) is 0 Å². The van der Waals surface area contributed by atoms with Gasteiger partial charge in [-0.05, 0) is 36.4 Å². The molecule has 0 saturated carbocycles. The minimum Gasteiger partial charge on any atom is -0.464 e. The number of imidazole rings is 1. The lowest BCUT2D eigenvalue weighted by Gasteiger charge is -2.16. The first-order valence-corrected chi connectivity index (χ1v) is 7.25. The molecular weight excluding hydrogens is 266 g/mol. The van der Waals surface area contributed by atoms with Crippen molar-refractivity contribution in [2.45, 2.75) is 26.3 Å². The zero-order chi connectivity index (χ0) is 14.8. The standard InChI is InChI=1S/C16H19N3O2/c1-3-11-6-8-14(21-11)15(17-4-2)10-5-7-12-13(9-10)19-16(20)18-12/h5-9,15,17H,3-4H2,1-2H3,(H2,18,19,20). The second kappa shape index (κ2) is 5.61. The quantitative estimate of drug-likeness (QED) is 0.675. The number of aryl methyl sites for hydroxylation is 1. The van der Waals surface area contributed by atoms with Gasteiger partial charge in [0.1, 0.15) is 11.5 Å². The first kappa shape index (κ1) is 13.7. The van der Waals surface area contributed by atoms with Crippen LogP contribution < -0.4 is 11.0 Å². The molecule has 1 aromatic carbocycles. The predicted molar refractivity (Wildman–Crippen MR) is 82.5 cm³/mol. The van der Waals surface area contributed by atoms with Crippen LogP contribution in [-0.4, -0.2) is 16.5 Å². The van der Waals surface area contributed by atoms with E-state index in [0.29, 0.717) is 0 Å². The van der Waals surface area contributed by atoms with Crippen molar-refractivity contribution in [3.63, 3.8) is 0 Å². The summed E-state index contributed by atoms with van der Waals surface area (Å²) < 4.78 is 5.88. The lowest BCUT2D eigenvalue weighted by Crippen LogP contribution is -2.21. The van der Waals surface area contributed by atoms with E-state index in [1.807, 2.05) is 30.3 Å². The van der Waals surface area contributed by atoms with Crippen molar-refractivity contribution in [1.29, 1.82) is 0 Å². The molecule has 0 fully saturated rings. The minimum atomic E-state index is -0.187. The van der Waals surface area contributed by atoms with Crippen LogP contribution in [0.4, 0.5) is 0 Å². The summed E-state index contributed by atoms with van der Waals surface area (Å²) in [5, 5.41) is 3.43. The number of hydrogen-bond acceptors (Lipinski definition) is 3. The molecule has 0 amide bonds. The van der Waals surface area contributed by atoms with E-state index in [-0.39, 0.29) is 11.7 Å². The van der Waals surface area contributed by atoms with Crippen LogP contribution in [0.1, 0.15) is 37.0 Å². The van der Waals surface area contributed by atoms with Gasteiger partial charge in [0.2, 0.25) is 0 Å². The molecule has 5 heteroatoms. The summed E-state index contributed by atoms with van der Waals surface area (Å²) in [5.74, 6) is 1.87. The Kier molecular flexibility index (Phi) is 3.66. The number of benzene rings is 1. The monoisotopic (exact) mass is 285 g/mol. The maximum absolute atomic E-state index is 11.4. The Morgan fingerprint density at radius 2 is 1.95 bits per heavy atom. The number of furan rings is 1. The summed E-state index contributed by atoms with van der Waals surface area (Å²) in [6.45, 7) is 4.96. The van der Waals surface area contributed by atoms with Gasteiger partial charge in [0.15, 0.2) is 0 Å². The van der Waals surface area contributed by atoms with Gasteiger partial charge < -0.3 is 19.7 Å². The van der Waals surface area contributed by atoms with Gasteiger partial charge in [0.05, 0.1) is 17.1 Å². The van der Waals surface area contributed by atoms with E-state index in [9.17, 15) is 4.79 Å². The van der Waals surface area contributed by atoms with Gasteiger partial charge in [0.25, 0.3) is 0 Å². The maximum Gasteiger partial charge on any atom is 0.323 e. The Morgan fingerprint density at radius 1 is 1.14 bits per heavy atom. The van der Waals surface area contributed by atoms with Crippen molar-refractivity contribution >= 4 is 11.0 Å². The second-order valence-electron chi connectivity index (χ2n) is 5.03. The number of fused-ring (bicyclic) bond motifs is 1. The molecule has 3 rings (SSSR count). The van der Waals surface area contributed by atoms with Gasteiger partial charge in [0, 0.05) is 6.42 Å². The Labute approximate surface area is 122 Å². The minimum absolute atomic E-state index is 0.0156. The number of H-pyrrole nitrogens is 2. The van der Waals surface area contributed by atoms with Crippen LogP contribution in [0.2, 0.25) is 0 Å². The smallest absolute Gasteiger partial charge is 0.323 e. The Balaban J connectivity index is 2.03. The van der Waals surface area contributed by atoms with Crippen LogP contribution >= 0.6 is 0 Å². The SMILES string of the molecule is CCNC(c1ccc2[nH]c(=O)[nH]c2c1)c1ccc(CC)o1. The number of aromatic nitrogens is 2. The number of aromatic amines is 2. The van der Waals surface area contributed by atoms with Gasteiger partial charge in [-0.2, -0.15) is 0 Å². The van der Waals surface area contributed by atoms with Crippen molar-refractivity contribution in [3.8, 4) is 0 Å². The highest BCUT2D eigenvalue weighted by molar-refractivity contribution is 5.75. The zero-order valence-electron chi connectivity index (χ0n) is 12.2. The van der Waals surface area contributed by atoms with Crippen molar-refractivity contribution in [3.05, 3.63) is 57.9 Å². The summed E-state index contributed by atoms with van der Waals surface area (Å²) in [7, 11) is 0. The lowest BCUT2D eigenvalue weighted by molar-refractivity contribution is 0.426. The Hall–Kier alpha value is -2.27. The molecule has 2 aromatic heterocycles. The van der Waals surface area contributed by atoms with E-state index >= 15 is 0 Å². The van der Waals surface area contributed by atoms with Gasteiger partial charge in [-0.3, -0.25) is 0 Å². The van der Waals surface area contributed by atoms with Crippen LogP contribution in [0.25, 0.3) is 11.0 Å². The summed E-state index contributed by atoms with van der Waals surface area (Å²) >= 11 is 0. The van der Waals surface area contributed by atoms with Crippen LogP contribution in [0.3, 0.4) is 0 Å². The molecule has 0 bridgehead atoms. The first-order chi connectivity index (χ1) is 10.2. The predicted octanol–water partition coefficient (Wildman–Crippen LogP) is 2.71. The highest BCUT2D eigenvalue weighted by Gasteiger charge is 2.17. The molecule has 0 aliphatic heterocycles. The van der Waals surface area contributed by atoms with Gasteiger partial charge in [-0.25, -0.2) is 4.79 Å². The van der Waals surface area contributed by atoms with E-state index < -0.39 is 0 Å². The molecule has 5 nitrogen and oxygen atoms in total. The average molecular weight is 285 g/mol. The fraction of sp³-hybridized carbons (Fsp3) is 0.312. The molecule has 110 valence electrons. The number of nitrogens with one attached hydrogen (secondary N) is 3. The zero-order valence-corrected chi connectivity index (χ0v) is 12.2. The fourth-order valence-electron chi connectivity index (χ4n) is 2.56. The first-order valence-electron chi connectivity index (χ1n) is 7.25. The van der Waals surface area contributed by atoms with Gasteiger partial charge in [-0.1, -0.05) is 19.9 Å². The van der Waals surface area contributed by atoms with E-state index in [1.165, 1.54) is 0 Å². The van der Waals surface area contributed by atoms with Crippen LogP contribution in [-0.2, 0) is 6.42 Å². The topological polar surface area (TPSA) is 73.8 Å². The van der Waals surface area contributed by atoms with Crippen LogP contribution in [0.5, 0.6) is 0 Å². The molecule has 21 heavy (non-hydrogen) atoms. The van der Waals surface area contributed by atoms with E-state index in [2.05, 4.69) is 29.1 Å². The van der Waals surface area contributed by atoms with E-state index in [4.69, 9.17) is 4.42 Å². The third kappa shape index (κ3) is 2.64. The van der Waals surface area contributed by atoms with E-state index in [0.717, 1.165) is 41.1 Å². The summed E-state index contributed by atoms with van der Waals surface area (Å²) in [4.78, 5) is 16.9. The molecule has 0 aliphatic carbocycles. The Morgan fingerprint density at radius 3 is 2.67 bits per heavy atom. The number of rotatable bonds is 5. The third-order valence-electron chi connectivity index (χ3n) is 3.60. The fourth-order valence-corrected chi connectivity index (χ4v) is 2.56. The largest absolute Gasteiger partial charge is 0.464 e. The molecule has 0 radical (unpaired) electrons. The average Bonchev–Trinajstić information content (AvgIpc) is 3.09. The second-order valence-corrected chi connectivity index (χ2v) is 5.03. The molecule has 1 atom stereocenters. The van der Waals surface area contributed by atoms with E-state index in [1.54, 1.807) is 0 Å². The normalized spacial score (nSPS) is 12.9. The molecule has 3 aromatic rings. The van der Waals surface area contributed by atoms with Crippen molar-refractivity contribution in [2.24, 2.45) is 0 Å². The lowest BCUT2D eigenvalue weighted by atomic mass is 10.0. The van der Waals surface area contributed by atoms with Gasteiger partial charge in [-0.15, -0.1) is 0 Å². The summed E-state index contributed by atoms with van der Waals surface area (Å²) in [5.41, 5.74) is 2.50. The molecule has 1 unspecified atom stereocenters. The van der Waals surface area contributed by atoms with Crippen molar-refractivity contribution in [2.75, 3.05) is 6.54 Å².